The van der Waals surface area contributed by atoms with Gasteiger partial charge in [-0.05, 0) is 48.0 Å². The Morgan fingerprint density at radius 2 is 1.92 bits per heavy atom. The van der Waals surface area contributed by atoms with Gasteiger partial charge in [-0.15, -0.1) is 0 Å². The van der Waals surface area contributed by atoms with Crippen LogP contribution in [0.15, 0.2) is 40.9 Å². The molecule has 1 amide bonds. The Kier molecular flexibility index (Phi) is 4.90. The first kappa shape index (κ1) is 17.6. The summed E-state index contributed by atoms with van der Waals surface area (Å²) in [6.07, 6.45) is 0. The standard InChI is InChI=1S/C19H20BrNO4/c1-19(2,13-6-4-5-7-15(13)23-3)21-18(22)12-10-14(20)17-16(11-12)24-8-9-25-17/h4-7,10-11H,8-9H2,1-3H3,(H,21,22). The minimum Gasteiger partial charge on any atom is -0.496 e. The van der Waals surface area contributed by atoms with E-state index in [4.69, 9.17) is 14.2 Å². The fraction of sp³-hybridized carbons (Fsp3) is 0.316. The number of methoxy groups -OCH3 is 1. The van der Waals surface area contributed by atoms with Crippen molar-refractivity contribution in [2.24, 2.45) is 0 Å². The summed E-state index contributed by atoms with van der Waals surface area (Å²) in [4.78, 5) is 12.8. The molecular formula is C19H20BrNO4. The van der Waals surface area contributed by atoms with Crippen LogP contribution < -0.4 is 19.5 Å². The number of benzene rings is 2. The molecule has 0 atom stereocenters. The third kappa shape index (κ3) is 3.58. The summed E-state index contributed by atoms with van der Waals surface area (Å²) in [7, 11) is 1.62. The van der Waals surface area contributed by atoms with Gasteiger partial charge in [-0.3, -0.25) is 4.79 Å². The third-order valence-corrected chi connectivity index (χ3v) is 4.65. The third-order valence-electron chi connectivity index (χ3n) is 4.07. The highest BCUT2D eigenvalue weighted by Gasteiger charge is 2.28. The molecule has 0 aliphatic carbocycles. The van der Waals surface area contributed by atoms with Crippen molar-refractivity contribution in [2.75, 3.05) is 20.3 Å². The number of rotatable bonds is 4. The van der Waals surface area contributed by atoms with Crippen LogP contribution >= 0.6 is 15.9 Å². The van der Waals surface area contributed by atoms with Crippen molar-refractivity contribution in [1.29, 1.82) is 0 Å². The Morgan fingerprint density at radius 3 is 2.68 bits per heavy atom. The second kappa shape index (κ2) is 6.96. The number of carbonyl (C=O) groups excluding carboxylic acids is 1. The summed E-state index contributed by atoms with van der Waals surface area (Å²) >= 11 is 3.44. The molecule has 2 aromatic rings. The second-order valence-electron chi connectivity index (χ2n) is 6.26. The Hall–Kier alpha value is -2.21. The van der Waals surface area contributed by atoms with E-state index in [0.717, 1.165) is 11.3 Å². The lowest BCUT2D eigenvalue weighted by Crippen LogP contribution is -2.41. The average molecular weight is 406 g/mol. The van der Waals surface area contributed by atoms with Crippen molar-refractivity contribution in [3.8, 4) is 17.2 Å². The molecule has 0 fully saturated rings. The molecule has 1 aliphatic rings. The predicted molar refractivity (Wildman–Crippen MR) is 98.6 cm³/mol. The molecule has 1 aliphatic heterocycles. The smallest absolute Gasteiger partial charge is 0.252 e. The van der Waals surface area contributed by atoms with E-state index in [-0.39, 0.29) is 5.91 Å². The quantitative estimate of drug-likeness (QED) is 0.837. The van der Waals surface area contributed by atoms with Gasteiger partial charge in [-0.1, -0.05) is 18.2 Å². The molecule has 0 radical (unpaired) electrons. The van der Waals surface area contributed by atoms with Gasteiger partial charge in [0.25, 0.3) is 5.91 Å². The number of para-hydroxylation sites is 1. The van der Waals surface area contributed by atoms with Crippen LogP contribution in [0.3, 0.4) is 0 Å². The van der Waals surface area contributed by atoms with Crippen molar-refractivity contribution in [3.05, 3.63) is 52.0 Å². The normalized spacial score (nSPS) is 13.3. The summed E-state index contributed by atoms with van der Waals surface area (Å²) in [5.74, 6) is 1.73. The lowest BCUT2D eigenvalue weighted by atomic mass is 9.92. The number of amides is 1. The van der Waals surface area contributed by atoms with Gasteiger partial charge in [0.05, 0.1) is 17.1 Å². The first-order valence-electron chi connectivity index (χ1n) is 7.97. The highest BCUT2D eigenvalue weighted by molar-refractivity contribution is 9.10. The van der Waals surface area contributed by atoms with Crippen LogP contribution in [0.25, 0.3) is 0 Å². The van der Waals surface area contributed by atoms with Crippen LogP contribution in [0.4, 0.5) is 0 Å². The molecule has 6 heteroatoms. The molecule has 0 saturated carbocycles. The van der Waals surface area contributed by atoms with Crippen molar-refractivity contribution in [2.45, 2.75) is 19.4 Å². The summed E-state index contributed by atoms with van der Waals surface area (Å²) in [6.45, 7) is 4.85. The zero-order chi connectivity index (χ0) is 18.0. The zero-order valence-electron chi connectivity index (χ0n) is 14.4. The maximum Gasteiger partial charge on any atom is 0.252 e. The van der Waals surface area contributed by atoms with Gasteiger partial charge in [0, 0.05) is 11.1 Å². The average Bonchev–Trinajstić information content (AvgIpc) is 2.61. The molecule has 0 saturated heterocycles. The molecule has 0 aromatic heterocycles. The number of halogens is 1. The Bertz CT molecular complexity index is 804. The Labute approximate surface area is 155 Å². The highest BCUT2D eigenvalue weighted by atomic mass is 79.9. The molecule has 132 valence electrons. The first-order chi connectivity index (χ1) is 11.9. The van der Waals surface area contributed by atoms with Crippen molar-refractivity contribution in [3.63, 3.8) is 0 Å². The van der Waals surface area contributed by atoms with E-state index in [1.165, 1.54) is 0 Å². The minimum atomic E-state index is -0.608. The number of hydrogen-bond acceptors (Lipinski definition) is 4. The number of hydrogen-bond donors (Lipinski definition) is 1. The predicted octanol–water partition coefficient (Wildman–Crippen LogP) is 3.89. The number of ether oxygens (including phenoxy) is 3. The van der Waals surface area contributed by atoms with Gasteiger partial charge in [-0.25, -0.2) is 0 Å². The van der Waals surface area contributed by atoms with E-state index in [1.807, 2.05) is 38.1 Å². The molecule has 0 bridgehead atoms. The molecule has 0 unspecified atom stereocenters. The van der Waals surface area contributed by atoms with E-state index >= 15 is 0 Å². The van der Waals surface area contributed by atoms with Crippen LogP contribution in [0, 0.1) is 0 Å². The lowest BCUT2D eigenvalue weighted by Gasteiger charge is -2.29. The zero-order valence-corrected chi connectivity index (χ0v) is 16.0. The molecule has 1 heterocycles. The largest absolute Gasteiger partial charge is 0.496 e. The second-order valence-corrected chi connectivity index (χ2v) is 7.12. The van der Waals surface area contributed by atoms with Gasteiger partial charge >= 0.3 is 0 Å². The molecule has 5 nitrogen and oxygen atoms in total. The maximum atomic E-state index is 12.8. The number of carbonyl (C=O) groups is 1. The molecule has 2 aromatic carbocycles. The maximum absolute atomic E-state index is 12.8. The van der Waals surface area contributed by atoms with E-state index in [2.05, 4.69) is 21.2 Å². The molecular weight excluding hydrogens is 386 g/mol. The molecule has 25 heavy (non-hydrogen) atoms. The van der Waals surface area contributed by atoms with E-state index in [0.29, 0.717) is 34.7 Å². The van der Waals surface area contributed by atoms with Gasteiger partial charge in [0.15, 0.2) is 11.5 Å². The SMILES string of the molecule is COc1ccccc1C(C)(C)NC(=O)c1cc(Br)c2c(c1)OCCO2. The molecule has 3 rings (SSSR count). The minimum absolute atomic E-state index is 0.200. The van der Waals surface area contributed by atoms with E-state index < -0.39 is 5.54 Å². The van der Waals surface area contributed by atoms with Gasteiger partial charge in [0.1, 0.15) is 19.0 Å². The fourth-order valence-electron chi connectivity index (χ4n) is 2.83. The lowest BCUT2D eigenvalue weighted by molar-refractivity contribution is 0.0909. The monoisotopic (exact) mass is 405 g/mol. The fourth-order valence-corrected chi connectivity index (χ4v) is 3.38. The summed E-state index contributed by atoms with van der Waals surface area (Å²) in [5.41, 5.74) is 0.797. The van der Waals surface area contributed by atoms with Gasteiger partial charge in [-0.2, -0.15) is 0 Å². The van der Waals surface area contributed by atoms with Crippen LogP contribution in [0.5, 0.6) is 17.2 Å². The Morgan fingerprint density at radius 1 is 1.20 bits per heavy atom. The highest BCUT2D eigenvalue weighted by Crippen LogP contribution is 2.39. The summed E-state index contributed by atoms with van der Waals surface area (Å²) in [6, 6.07) is 11.1. The molecule has 0 spiro atoms. The van der Waals surface area contributed by atoms with Crippen LogP contribution in [0.1, 0.15) is 29.8 Å². The van der Waals surface area contributed by atoms with Crippen LogP contribution in [-0.2, 0) is 5.54 Å². The van der Waals surface area contributed by atoms with E-state index in [9.17, 15) is 4.79 Å². The van der Waals surface area contributed by atoms with E-state index in [1.54, 1.807) is 19.2 Å². The van der Waals surface area contributed by atoms with Crippen molar-refractivity contribution >= 4 is 21.8 Å². The van der Waals surface area contributed by atoms with Crippen molar-refractivity contribution in [1.82, 2.24) is 5.32 Å². The van der Waals surface area contributed by atoms with Gasteiger partial charge in [0.2, 0.25) is 0 Å². The Balaban J connectivity index is 1.88. The first-order valence-corrected chi connectivity index (χ1v) is 8.77. The number of nitrogens with one attached hydrogen (secondary N) is 1. The summed E-state index contributed by atoms with van der Waals surface area (Å²) < 4.78 is 17.3. The molecule has 1 N–H and O–H groups in total. The van der Waals surface area contributed by atoms with Crippen LogP contribution in [0.2, 0.25) is 0 Å². The summed E-state index contributed by atoms with van der Waals surface area (Å²) in [5, 5.41) is 3.06. The van der Waals surface area contributed by atoms with Crippen LogP contribution in [-0.4, -0.2) is 26.2 Å². The topological polar surface area (TPSA) is 56.8 Å². The van der Waals surface area contributed by atoms with Crippen molar-refractivity contribution < 1.29 is 19.0 Å². The number of fused-ring (bicyclic) bond motifs is 1. The van der Waals surface area contributed by atoms with Gasteiger partial charge < -0.3 is 19.5 Å².